The Morgan fingerprint density at radius 1 is 1.35 bits per heavy atom. The number of amides is 1. The number of carboxylic acids is 1. The number of hydrogen-bond acceptors (Lipinski definition) is 3. The van der Waals surface area contributed by atoms with Crippen LogP contribution in [0.5, 0.6) is 0 Å². The van der Waals surface area contributed by atoms with Gasteiger partial charge < -0.3 is 14.8 Å². The van der Waals surface area contributed by atoms with Crippen molar-refractivity contribution in [2.75, 3.05) is 0 Å². The minimum Gasteiger partial charge on any atom is -0.481 e. The van der Waals surface area contributed by atoms with E-state index in [0.717, 1.165) is 0 Å². The quantitative estimate of drug-likeness (QED) is 0.603. The van der Waals surface area contributed by atoms with Gasteiger partial charge in [0.05, 0.1) is 24.0 Å². The fourth-order valence-corrected chi connectivity index (χ4v) is 3.66. The van der Waals surface area contributed by atoms with E-state index in [0.29, 0.717) is 0 Å². The highest BCUT2D eigenvalue weighted by molar-refractivity contribution is 6.74. The second-order valence-corrected chi connectivity index (χ2v) is 12.0. The van der Waals surface area contributed by atoms with Gasteiger partial charge in [-0.25, -0.2) is 0 Å². The van der Waals surface area contributed by atoms with Crippen LogP contribution in [0, 0.1) is 11.8 Å². The fraction of sp³-hybridized carbons (Fsp3) is 0.857. The van der Waals surface area contributed by atoms with Gasteiger partial charge in [0.25, 0.3) is 0 Å². The molecule has 1 aliphatic heterocycles. The molecule has 1 amide bonds. The van der Waals surface area contributed by atoms with Crippen molar-refractivity contribution in [2.24, 2.45) is 11.8 Å². The Balaban J connectivity index is 2.78. The molecule has 1 saturated heterocycles. The van der Waals surface area contributed by atoms with Crippen LogP contribution in [0.3, 0.4) is 0 Å². The lowest BCUT2D eigenvalue weighted by Crippen LogP contribution is -2.66. The standard InChI is InChI=1S/C14H27NO4Si/c1-8(13(17)18)11-10(12(16)15-11)9(2)19-20(6,7)14(3,4)5/h8-11H,1-7H3,(H,15,16)(H,17,18)/t8-,9+,10?,11?/m1/s1. The lowest BCUT2D eigenvalue weighted by molar-refractivity contribution is -0.151. The van der Waals surface area contributed by atoms with E-state index < -0.39 is 20.2 Å². The van der Waals surface area contributed by atoms with Crippen LogP contribution in [-0.4, -0.2) is 37.4 Å². The summed E-state index contributed by atoms with van der Waals surface area (Å²) < 4.78 is 6.22. The molecule has 0 aliphatic carbocycles. The zero-order valence-electron chi connectivity index (χ0n) is 13.5. The molecule has 1 heterocycles. The maximum Gasteiger partial charge on any atom is 0.308 e. The number of carboxylic acid groups (broad SMARTS) is 1. The summed E-state index contributed by atoms with van der Waals surface area (Å²) in [5.74, 6) is -1.95. The molecule has 2 N–H and O–H groups in total. The maximum absolute atomic E-state index is 11.8. The number of carbonyl (C=O) groups excluding carboxylic acids is 1. The molecular formula is C14H27NO4Si. The van der Waals surface area contributed by atoms with Gasteiger partial charge in [-0.2, -0.15) is 0 Å². The van der Waals surface area contributed by atoms with Gasteiger partial charge >= 0.3 is 5.97 Å². The molecule has 1 aliphatic rings. The molecule has 1 rings (SSSR count). The molecule has 0 aromatic carbocycles. The Bertz CT molecular complexity index is 402. The fourth-order valence-electron chi connectivity index (χ4n) is 2.23. The topological polar surface area (TPSA) is 75.6 Å². The van der Waals surface area contributed by atoms with Crippen molar-refractivity contribution in [3.8, 4) is 0 Å². The molecule has 0 spiro atoms. The number of hydrogen-bond donors (Lipinski definition) is 2. The lowest BCUT2D eigenvalue weighted by Gasteiger charge is -2.46. The van der Waals surface area contributed by atoms with E-state index in [9.17, 15) is 9.59 Å². The van der Waals surface area contributed by atoms with Crippen LogP contribution in [0.25, 0.3) is 0 Å². The molecule has 0 radical (unpaired) electrons. The molecule has 20 heavy (non-hydrogen) atoms. The van der Waals surface area contributed by atoms with Crippen LogP contribution in [0.4, 0.5) is 0 Å². The molecule has 6 heteroatoms. The third kappa shape index (κ3) is 3.23. The minimum absolute atomic E-state index is 0.0649. The van der Waals surface area contributed by atoms with Crippen LogP contribution in [0.15, 0.2) is 0 Å². The minimum atomic E-state index is -1.96. The number of nitrogens with one attached hydrogen (secondary N) is 1. The molecule has 5 nitrogen and oxygen atoms in total. The summed E-state index contributed by atoms with van der Waals surface area (Å²) in [6.45, 7) is 14.2. The number of β-lactam (4-membered cyclic amide) rings is 1. The first kappa shape index (κ1) is 17.2. The first-order chi connectivity index (χ1) is 8.88. The normalized spacial score (nSPS) is 26.4. The van der Waals surface area contributed by atoms with Crippen molar-refractivity contribution in [3.05, 3.63) is 0 Å². The van der Waals surface area contributed by atoms with Gasteiger partial charge in [-0.1, -0.05) is 20.8 Å². The molecule has 0 aromatic rings. The number of carbonyl (C=O) groups is 2. The molecule has 1 fully saturated rings. The monoisotopic (exact) mass is 301 g/mol. The summed E-state index contributed by atoms with van der Waals surface area (Å²) in [6, 6.07) is -0.334. The first-order valence-electron chi connectivity index (χ1n) is 7.09. The number of aliphatic carboxylic acids is 1. The summed E-state index contributed by atoms with van der Waals surface area (Å²) >= 11 is 0. The van der Waals surface area contributed by atoms with Crippen molar-refractivity contribution >= 4 is 20.2 Å². The van der Waals surface area contributed by atoms with Crippen molar-refractivity contribution in [2.45, 2.75) is 64.9 Å². The Morgan fingerprint density at radius 2 is 1.85 bits per heavy atom. The highest BCUT2D eigenvalue weighted by Gasteiger charge is 2.50. The van der Waals surface area contributed by atoms with Gasteiger partial charge in [-0.05, 0) is 32.0 Å². The average molecular weight is 301 g/mol. The van der Waals surface area contributed by atoms with E-state index in [1.807, 2.05) is 6.92 Å². The first-order valence-corrected chi connectivity index (χ1v) is 10.0. The van der Waals surface area contributed by atoms with Crippen molar-refractivity contribution in [1.29, 1.82) is 0 Å². The summed E-state index contributed by atoms with van der Waals surface area (Å²) in [7, 11) is -1.96. The highest BCUT2D eigenvalue weighted by atomic mass is 28.4. The molecule has 0 bridgehead atoms. The SMILES string of the molecule is C[C@H](O[Si](C)(C)C(C)(C)C)C1C(=O)NC1[C@@H](C)C(=O)O. The Kier molecular flexibility index (Phi) is 4.71. The smallest absolute Gasteiger partial charge is 0.308 e. The number of rotatable bonds is 5. The second kappa shape index (κ2) is 5.48. The molecule has 116 valence electrons. The molecular weight excluding hydrogens is 274 g/mol. The van der Waals surface area contributed by atoms with E-state index in [4.69, 9.17) is 9.53 Å². The average Bonchev–Trinajstić information content (AvgIpc) is 2.21. The Morgan fingerprint density at radius 3 is 2.20 bits per heavy atom. The van der Waals surface area contributed by atoms with E-state index in [-0.39, 0.29) is 29.0 Å². The lowest BCUT2D eigenvalue weighted by atomic mass is 9.79. The van der Waals surface area contributed by atoms with Gasteiger partial charge in [0.15, 0.2) is 8.32 Å². The van der Waals surface area contributed by atoms with E-state index in [1.165, 1.54) is 0 Å². The van der Waals surface area contributed by atoms with Gasteiger partial charge in [0, 0.05) is 0 Å². The van der Waals surface area contributed by atoms with E-state index >= 15 is 0 Å². The Hall–Kier alpha value is -0.883. The van der Waals surface area contributed by atoms with Gasteiger partial charge in [0.1, 0.15) is 0 Å². The maximum atomic E-state index is 11.8. The third-order valence-electron chi connectivity index (χ3n) is 4.72. The Labute approximate surface area is 122 Å². The van der Waals surface area contributed by atoms with Crippen LogP contribution in [0.1, 0.15) is 34.6 Å². The van der Waals surface area contributed by atoms with E-state index in [1.54, 1.807) is 6.92 Å². The molecule has 0 aromatic heterocycles. The van der Waals surface area contributed by atoms with Crippen molar-refractivity contribution < 1.29 is 19.1 Å². The zero-order chi connectivity index (χ0) is 15.9. The van der Waals surface area contributed by atoms with Crippen LogP contribution in [-0.2, 0) is 14.0 Å². The zero-order valence-corrected chi connectivity index (χ0v) is 14.5. The summed E-state index contributed by atoms with van der Waals surface area (Å²) in [5, 5.41) is 11.8. The molecule has 0 saturated carbocycles. The van der Waals surface area contributed by atoms with Gasteiger partial charge in [-0.3, -0.25) is 9.59 Å². The van der Waals surface area contributed by atoms with Crippen LogP contribution in [0.2, 0.25) is 18.1 Å². The summed E-state index contributed by atoms with van der Waals surface area (Å²) in [6.07, 6.45) is -0.253. The van der Waals surface area contributed by atoms with Gasteiger partial charge in [0.2, 0.25) is 5.91 Å². The summed E-state index contributed by atoms with van der Waals surface area (Å²) in [5.41, 5.74) is 0. The largest absolute Gasteiger partial charge is 0.481 e. The predicted molar refractivity (Wildman–Crippen MR) is 80.0 cm³/mol. The van der Waals surface area contributed by atoms with Crippen molar-refractivity contribution in [1.82, 2.24) is 5.32 Å². The summed E-state index contributed by atoms with van der Waals surface area (Å²) in [4.78, 5) is 22.8. The molecule has 2 unspecified atom stereocenters. The predicted octanol–water partition coefficient (Wildman–Crippen LogP) is 2.23. The highest BCUT2D eigenvalue weighted by Crippen LogP contribution is 2.39. The van der Waals surface area contributed by atoms with Crippen molar-refractivity contribution in [3.63, 3.8) is 0 Å². The molecule has 4 atom stereocenters. The van der Waals surface area contributed by atoms with Crippen LogP contribution < -0.4 is 5.32 Å². The van der Waals surface area contributed by atoms with Crippen LogP contribution >= 0.6 is 0 Å². The van der Waals surface area contributed by atoms with Gasteiger partial charge in [-0.15, -0.1) is 0 Å². The van der Waals surface area contributed by atoms with E-state index in [2.05, 4.69) is 39.2 Å². The second-order valence-electron chi connectivity index (χ2n) is 7.27. The third-order valence-corrected chi connectivity index (χ3v) is 9.29.